The molecule has 266 valence electrons. The number of nitrogens with one attached hydrogen (secondary N) is 1. The summed E-state index contributed by atoms with van der Waals surface area (Å²) in [7, 11) is 0. The van der Waals surface area contributed by atoms with Gasteiger partial charge in [0.2, 0.25) is 0 Å². The molecule has 1 N–H and O–H groups in total. The molecule has 1 aliphatic carbocycles. The van der Waals surface area contributed by atoms with Crippen molar-refractivity contribution in [3.63, 3.8) is 0 Å². The molecule has 1 aliphatic rings. The van der Waals surface area contributed by atoms with Crippen LogP contribution in [-0.4, -0.2) is 5.71 Å². The maximum Gasteiger partial charge on any atom is 0.0713 e. The predicted molar refractivity (Wildman–Crippen MR) is 239 cm³/mol. The molecular formula is C55H41N. The minimum Gasteiger partial charge on any atom is -0.300 e. The summed E-state index contributed by atoms with van der Waals surface area (Å²) in [6, 6.07) is 64.3. The molecular weight excluding hydrogens is 675 g/mol. The Morgan fingerprint density at radius 3 is 1.70 bits per heavy atom. The lowest BCUT2D eigenvalue weighted by Gasteiger charge is -2.34. The van der Waals surface area contributed by atoms with Crippen molar-refractivity contribution in [3.8, 4) is 33.4 Å². The van der Waals surface area contributed by atoms with Gasteiger partial charge in [0.1, 0.15) is 0 Å². The van der Waals surface area contributed by atoms with E-state index in [0.717, 1.165) is 22.1 Å². The summed E-state index contributed by atoms with van der Waals surface area (Å²) in [6.45, 7) is 10.5. The molecule has 0 fully saturated rings. The SMILES string of the molecule is C=C(/C=C\C)C(=N)/C=C\C(=C)c1ccc2c(-c3ccccc3)c3ccccc3c(-c3ccc4c(c3)C(c3ccccc3)(c3ccccc3)c3ccccc3-4)c2c1. The van der Waals surface area contributed by atoms with Gasteiger partial charge in [0.15, 0.2) is 0 Å². The van der Waals surface area contributed by atoms with Gasteiger partial charge in [-0.25, -0.2) is 0 Å². The molecule has 0 radical (unpaired) electrons. The van der Waals surface area contributed by atoms with E-state index in [4.69, 9.17) is 5.41 Å². The molecule has 0 saturated heterocycles. The number of benzene rings is 8. The topological polar surface area (TPSA) is 23.9 Å². The molecule has 9 rings (SSSR count). The smallest absolute Gasteiger partial charge is 0.0713 e. The van der Waals surface area contributed by atoms with Gasteiger partial charge in [-0.05, 0) is 119 Å². The van der Waals surface area contributed by atoms with Crippen LogP contribution in [0, 0.1) is 5.41 Å². The fourth-order valence-electron chi connectivity index (χ4n) is 8.88. The van der Waals surface area contributed by atoms with Crippen molar-refractivity contribution in [1.29, 1.82) is 5.41 Å². The summed E-state index contributed by atoms with van der Waals surface area (Å²) in [5, 5.41) is 13.3. The quantitative estimate of drug-likeness (QED) is 0.0874. The summed E-state index contributed by atoms with van der Waals surface area (Å²) >= 11 is 0. The highest BCUT2D eigenvalue weighted by molar-refractivity contribution is 6.22. The molecule has 8 aromatic rings. The number of hydrogen-bond donors (Lipinski definition) is 1. The second-order valence-electron chi connectivity index (χ2n) is 14.5. The van der Waals surface area contributed by atoms with Gasteiger partial charge in [-0.15, -0.1) is 0 Å². The van der Waals surface area contributed by atoms with Crippen LogP contribution in [0.4, 0.5) is 0 Å². The molecule has 1 nitrogen and oxygen atoms in total. The van der Waals surface area contributed by atoms with Crippen LogP contribution in [-0.2, 0) is 5.41 Å². The number of allylic oxidation sites excluding steroid dienone is 6. The largest absolute Gasteiger partial charge is 0.300 e. The van der Waals surface area contributed by atoms with Gasteiger partial charge >= 0.3 is 0 Å². The van der Waals surface area contributed by atoms with Crippen LogP contribution in [0.15, 0.2) is 219 Å². The van der Waals surface area contributed by atoms with Crippen molar-refractivity contribution >= 4 is 32.8 Å². The normalized spacial score (nSPS) is 12.9. The molecule has 0 heterocycles. The van der Waals surface area contributed by atoms with Crippen LogP contribution < -0.4 is 0 Å². The Labute approximate surface area is 329 Å². The molecule has 0 aromatic heterocycles. The molecule has 0 aliphatic heterocycles. The van der Waals surface area contributed by atoms with E-state index >= 15 is 0 Å². The molecule has 8 aromatic carbocycles. The van der Waals surface area contributed by atoms with Crippen LogP contribution >= 0.6 is 0 Å². The Bertz CT molecular complexity index is 2850. The third-order valence-electron chi connectivity index (χ3n) is 11.4. The van der Waals surface area contributed by atoms with Crippen LogP contribution in [0.3, 0.4) is 0 Å². The van der Waals surface area contributed by atoms with E-state index in [2.05, 4.69) is 189 Å². The number of fused-ring (bicyclic) bond motifs is 5. The minimum absolute atomic E-state index is 0.363. The monoisotopic (exact) mass is 715 g/mol. The molecule has 0 saturated carbocycles. The first-order chi connectivity index (χ1) is 27.5. The Hall–Kier alpha value is -7.09. The van der Waals surface area contributed by atoms with Gasteiger partial charge in [0.25, 0.3) is 0 Å². The lowest BCUT2D eigenvalue weighted by Crippen LogP contribution is -2.28. The minimum atomic E-state index is -0.508. The Kier molecular flexibility index (Phi) is 8.84. The van der Waals surface area contributed by atoms with Crippen molar-refractivity contribution in [3.05, 3.63) is 247 Å². The van der Waals surface area contributed by atoms with E-state index in [1.54, 1.807) is 6.08 Å². The fraction of sp³-hybridized carbons (Fsp3) is 0.0364. The highest BCUT2D eigenvalue weighted by Gasteiger charge is 2.46. The van der Waals surface area contributed by atoms with Gasteiger partial charge in [0.05, 0.1) is 11.1 Å². The van der Waals surface area contributed by atoms with Gasteiger partial charge in [0, 0.05) is 0 Å². The lowest BCUT2D eigenvalue weighted by molar-refractivity contribution is 0.769. The van der Waals surface area contributed by atoms with Crippen LogP contribution in [0.5, 0.6) is 0 Å². The zero-order valence-electron chi connectivity index (χ0n) is 31.5. The lowest BCUT2D eigenvalue weighted by atomic mass is 9.67. The number of rotatable bonds is 9. The third kappa shape index (κ3) is 5.60. The maximum atomic E-state index is 8.53. The van der Waals surface area contributed by atoms with E-state index in [9.17, 15) is 0 Å². The Morgan fingerprint density at radius 1 is 0.482 bits per heavy atom. The van der Waals surface area contributed by atoms with Gasteiger partial charge in [-0.2, -0.15) is 0 Å². The van der Waals surface area contributed by atoms with Crippen LogP contribution in [0.2, 0.25) is 0 Å². The Morgan fingerprint density at radius 2 is 1.04 bits per heavy atom. The first-order valence-corrected chi connectivity index (χ1v) is 19.2. The van der Waals surface area contributed by atoms with Gasteiger partial charge in [-0.1, -0.05) is 195 Å². The zero-order chi connectivity index (χ0) is 38.2. The van der Waals surface area contributed by atoms with E-state index in [0.29, 0.717) is 11.3 Å². The first-order valence-electron chi connectivity index (χ1n) is 19.2. The fourth-order valence-corrected chi connectivity index (χ4v) is 8.88. The van der Waals surface area contributed by atoms with Crippen molar-refractivity contribution in [1.82, 2.24) is 0 Å². The summed E-state index contributed by atoms with van der Waals surface area (Å²) in [5.41, 5.74) is 14.7. The summed E-state index contributed by atoms with van der Waals surface area (Å²) in [5.74, 6) is 0. The van der Waals surface area contributed by atoms with Crippen molar-refractivity contribution in [2.75, 3.05) is 0 Å². The highest BCUT2D eigenvalue weighted by Crippen LogP contribution is 2.57. The zero-order valence-corrected chi connectivity index (χ0v) is 31.5. The summed E-state index contributed by atoms with van der Waals surface area (Å²) < 4.78 is 0. The van der Waals surface area contributed by atoms with E-state index in [1.165, 1.54) is 66.2 Å². The van der Waals surface area contributed by atoms with E-state index < -0.39 is 5.41 Å². The van der Waals surface area contributed by atoms with Crippen molar-refractivity contribution < 1.29 is 0 Å². The molecule has 0 amide bonds. The van der Waals surface area contributed by atoms with Gasteiger partial charge in [-0.3, -0.25) is 0 Å². The Balaban J connectivity index is 1.34. The first kappa shape index (κ1) is 34.7. The van der Waals surface area contributed by atoms with E-state index in [1.807, 2.05) is 25.2 Å². The molecule has 0 unspecified atom stereocenters. The molecule has 0 bridgehead atoms. The molecule has 0 atom stereocenters. The molecule has 0 spiro atoms. The second kappa shape index (κ2) is 14.3. The average molecular weight is 716 g/mol. The molecule has 1 heteroatoms. The second-order valence-corrected chi connectivity index (χ2v) is 14.5. The summed E-state index contributed by atoms with van der Waals surface area (Å²) in [6.07, 6.45) is 7.47. The van der Waals surface area contributed by atoms with Gasteiger partial charge < -0.3 is 5.41 Å². The maximum absolute atomic E-state index is 8.53. The van der Waals surface area contributed by atoms with Crippen LogP contribution in [0.1, 0.15) is 34.7 Å². The highest BCUT2D eigenvalue weighted by atomic mass is 14.5. The van der Waals surface area contributed by atoms with Crippen molar-refractivity contribution in [2.45, 2.75) is 12.3 Å². The predicted octanol–water partition coefficient (Wildman–Crippen LogP) is 14.4. The average Bonchev–Trinajstić information content (AvgIpc) is 3.55. The third-order valence-corrected chi connectivity index (χ3v) is 11.4. The summed E-state index contributed by atoms with van der Waals surface area (Å²) in [4.78, 5) is 0. The van der Waals surface area contributed by atoms with Crippen LogP contribution in [0.25, 0.3) is 60.5 Å². The standard InChI is InChI=1S/C55H41N/c1-4-18-38(3)52(56)34-29-37(2)40-30-33-48-49(35-40)54(47-27-15-14-26-46(47)53(48)39-19-8-5-9-20-39)41-31-32-45-44-25-16-17-28-50(44)55(51(45)36-41,42-21-10-6-11-22-42)43-23-12-7-13-24-43/h4-36,56H,2-3H2,1H3/b18-4-,34-29-,56-52?. The van der Waals surface area contributed by atoms with Crippen molar-refractivity contribution in [2.24, 2.45) is 0 Å². The molecule has 56 heavy (non-hydrogen) atoms. The van der Waals surface area contributed by atoms with E-state index in [-0.39, 0.29) is 0 Å². The number of hydrogen-bond acceptors (Lipinski definition) is 1.